The van der Waals surface area contributed by atoms with E-state index in [4.69, 9.17) is 4.98 Å². The summed E-state index contributed by atoms with van der Waals surface area (Å²) >= 11 is 0. The molecule has 0 aliphatic heterocycles. The zero-order valence-corrected chi connectivity index (χ0v) is 25.7. The third kappa shape index (κ3) is 3.63. The van der Waals surface area contributed by atoms with Crippen molar-refractivity contribution in [2.75, 3.05) is 0 Å². The summed E-state index contributed by atoms with van der Waals surface area (Å²) in [5.74, 6) is 0. The topological polar surface area (TPSA) is 12.9 Å². The Balaban J connectivity index is 1.16. The molecule has 1 spiro atoms. The van der Waals surface area contributed by atoms with E-state index >= 15 is 0 Å². The summed E-state index contributed by atoms with van der Waals surface area (Å²) < 4.78 is 0. The minimum atomic E-state index is -0.417. The number of nitrogens with zero attached hydrogens (tertiary/aromatic N) is 1. The van der Waals surface area contributed by atoms with Crippen LogP contribution in [0.3, 0.4) is 0 Å². The number of hydrogen-bond acceptors (Lipinski definition) is 1. The Hall–Kier alpha value is -6.05. The first-order chi connectivity index (χ1) is 23.3. The Bertz CT molecular complexity index is 2440. The zero-order chi connectivity index (χ0) is 31.0. The SMILES string of the molecule is c1ccc(-c2ccc(-c3ccc(-c4nc5c(c6ccccc46)C4(c6ccccc6-c6ccccc64)c4ccccc4-5)cc3)cc2)cc1. The van der Waals surface area contributed by atoms with Crippen molar-refractivity contribution in [1.29, 1.82) is 0 Å². The summed E-state index contributed by atoms with van der Waals surface area (Å²) in [6.07, 6.45) is 0. The maximum absolute atomic E-state index is 5.61. The van der Waals surface area contributed by atoms with E-state index in [-0.39, 0.29) is 0 Å². The normalized spacial score (nSPS) is 13.3. The highest BCUT2D eigenvalue weighted by molar-refractivity contribution is 6.06. The first kappa shape index (κ1) is 26.2. The lowest BCUT2D eigenvalue weighted by molar-refractivity contribution is 0.799. The molecule has 0 atom stereocenters. The molecule has 7 aromatic carbocycles. The van der Waals surface area contributed by atoms with Crippen LogP contribution in [-0.4, -0.2) is 4.98 Å². The second kappa shape index (κ2) is 9.97. The predicted molar refractivity (Wildman–Crippen MR) is 194 cm³/mol. The van der Waals surface area contributed by atoms with Crippen LogP contribution in [-0.2, 0) is 5.41 Å². The number of fused-ring (bicyclic) bond motifs is 12. The van der Waals surface area contributed by atoms with Gasteiger partial charge in [-0.3, -0.25) is 0 Å². The van der Waals surface area contributed by atoms with Crippen LogP contribution < -0.4 is 0 Å². The van der Waals surface area contributed by atoms with E-state index in [0.717, 1.165) is 17.0 Å². The van der Waals surface area contributed by atoms with E-state index < -0.39 is 5.41 Å². The number of aromatic nitrogens is 1. The molecule has 2 aliphatic rings. The summed E-state index contributed by atoms with van der Waals surface area (Å²) in [4.78, 5) is 5.61. The number of hydrogen-bond donors (Lipinski definition) is 0. The fraction of sp³-hybridized carbons (Fsp3) is 0.0217. The Morgan fingerprint density at radius 1 is 0.298 bits per heavy atom. The van der Waals surface area contributed by atoms with E-state index in [2.05, 4.69) is 176 Å². The minimum absolute atomic E-state index is 0.417. The van der Waals surface area contributed by atoms with E-state index in [1.807, 2.05) is 0 Å². The molecule has 10 rings (SSSR count). The van der Waals surface area contributed by atoms with Gasteiger partial charge in [0.15, 0.2) is 0 Å². The standard InChI is InChI=1S/C46H29N/c1-2-12-30(13-3-1)31-22-24-32(25-23-31)33-26-28-34(29-27-33)44-38-17-5-4-16-37(38)43-45(47-44)39-18-8-11-21-42(39)46(43)40-19-9-6-14-35(40)36-15-7-10-20-41(36)46/h1-29H. The molecule has 0 saturated heterocycles. The first-order valence-electron chi connectivity index (χ1n) is 16.3. The number of rotatable bonds is 3. The number of pyridine rings is 1. The van der Waals surface area contributed by atoms with E-state index in [1.54, 1.807) is 0 Å². The Labute approximate surface area is 274 Å². The molecule has 0 saturated carbocycles. The van der Waals surface area contributed by atoms with Crippen molar-refractivity contribution in [3.05, 3.63) is 198 Å². The van der Waals surface area contributed by atoms with E-state index in [1.165, 1.54) is 72.0 Å². The van der Waals surface area contributed by atoms with Crippen LogP contribution in [0.5, 0.6) is 0 Å². The first-order valence-corrected chi connectivity index (χ1v) is 16.3. The van der Waals surface area contributed by atoms with Crippen LogP contribution in [0.2, 0.25) is 0 Å². The molecule has 0 amide bonds. The molecule has 1 nitrogen and oxygen atoms in total. The van der Waals surface area contributed by atoms with Crippen molar-refractivity contribution >= 4 is 10.8 Å². The highest BCUT2D eigenvalue weighted by atomic mass is 14.8. The van der Waals surface area contributed by atoms with Crippen molar-refractivity contribution in [1.82, 2.24) is 4.98 Å². The van der Waals surface area contributed by atoms with Gasteiger partial charge in [0.25, 0.3) is 0 Å². The summed E-state index contributed by atoms with van der Waals surface area (Å²) in [5, 5.41) is 2.44. The van der Waals surface area contributed by atoms with Crippen molar-refractivity contribution < 1.29 is 0 Å². The Kier molecular flexibility index (Phi) is 5.56. The fourth-order valence-corrected chi connectivity index (χ4v) is 8.31. The molecule has 0 fully saturated rings. The van der Waals surface area contributed by atoms with Crippen molar-refractivity contribution in [3.63, 3.8) is 0 Å². The van der Waals surface area contributed by atoms with Gasteiger partial charge in [-0.05, 0) is 55.5 Å². The van der Waals surface area contributed by atoms with Crippen LogP contribution in [0.1, 0.15) is 22.3 Å². The van der Waals surface area contributed by atoms with Crippen LogP contribution >= 0.6 is 0 Å². The number of benzene rings is 7. The van der Waals surface area contributed by atoms with Gasteiger partial charge < -0.3 is 0 Å². The average Bonchev–Trinajstić information content (AvgIpc) is 3.62. The van der Waals surface area contributed by atoms with Gasteiger partial charge in [-0.25, -0.2) is 4.98 Å². The van der Waals surface area contributed by atoms with Crippen LogP contribution in [0.25, 0.3) is 66.7 Å². The van der Waals surface area contributed by atoms with Gasteiger partial charge in [0, 0.05) is 22.1 Å². The third-order valence-corrected chi connectivity index (χ3v) is 10.3. The zero-order valence-electron chi connectivity index (χ0n) is 25.7. The van der Waals surface area contributed by atoms with Gasteiger partial charge in [0.1, 0.15) is 0 Å². The van der Waals surface area contributed by atoms with Crippen molar-refractivity contribution in [3.8, 4) is 55.9 Å². The second-order valence-electron chi connectivity index (χ2n) is 12.6. The average molecular weight is 596 g/mol. The summed E-state index contributed by atoms with van der Waals surface area (Å²) in [6.45, 7) is 0. The smallest absolute Gasteiger partial charge is 0.0788 e. The summed E-state index contributed by atoms with van der Waals surface area (Å²) in [5.41, 5.74) is 16.8. The lowest BCUT2D eigenvalue weighted by Gasteiger charge is -2.31. The second-order valence-corrected chi connectivity index (χ2v) is 12.6. The predicted octanol–water partition coefficient (Wildman–Crippen LogP) is 11.6. The lowest BCUT2D eigenvalue weighted by Crippen LogP contribution is -2.26. The fourth-order valence-electron chi connectivity index (χ4n) is 8.31. The largest absolute Gasteiger partial charge is 0.247 e. The molecular weight excluding hydrogens is 567 g/mol. The minimum Gasteiger partial charge on any atom is -0.247 e. The van der Waals surface area contributed by atoms with E-state index in [9.17, 15) is 0 Å². The van der Waals surface area contributed by atoms with Crippen LogP contribution in [0.4, 0.5) is 0 Å². The van der Waals surface area contributed by atoms with Gasteiger partial charge in [0.05, 0.1) is 16.8 Å². The highest BCUT2D eigenvalue weighted by Crippen LogP contribution is 2.63. The molecule has 0 unspecified atom stereocenters. The molecule has 8 aromatic rings. The molecule has 2 aliphatic carbocycles. The highest BCUT2D eigenvalue weighted by Gasteiger charge is 2.53. The molecule has 47 heavy (non-hydrogen) atoms. The molecule has 1 heteroatoms. The quantitative estimate of drug-likeness (QED) is 0.198. The Morgan fingerprint density at radius 2 is 0.702 bits per heavy atom. The van der Waals surface area contributed by atoms with Gasteiger partial charge in [-0.15, -0.1) is 0 Å². The molecule has 0 N–H and O–H groups in total. The molecule has 0 bridgehead atoms. The van der Waals surface area contributed by atoms with Gasteiger partial charge in [-0.1, -0.05) is 176 Å². The molecule has 218 valence electrons. The summed E-state index contributed by atoms with van der Waals surface area (Å²) in [6, 6.07) is 64.1. The van der Waals surface area contributed by atoms with Gasteiger partial charge in [-0.2, -0.15) is 0 Å². The molecule has 1 heterocycles. The molecule has 1 aromatic heterocycles. The van der Waals surface area contributed by atoms with Crippen molar-refractivity contribution in [2.45, 2.75) is 5.41 Å². The third-order valence-electron chi connectivity index (χ3n) is 10.3. The van der Waals surface area contributed by atoms with Gasteiger partial charge >= 0.3 is 0 Å². The van der Waals surface area contributed by atoms with Crippen LogP contribution in [0, 0.1) is 0 Å². The van der Waals surface area contributed by atoms with E-state index in [0.29, 0.717) is 0 Å². The summed E-state index contributed by atoms with van der Waals surface area (Å²) in [7, 11) is 0. The van der Waals surface area contributed by atoms with Crippen molar-refractivity contribution in [2.24, 2.45) is 0 Å². The van der Waals surface area contributed by atoms with Gasteiger partial charge in [0.2, 0.25) is 0 Å². The van der Waals surface area contributed by atoms with Crippen LogP contribution in [0.15, 0.2) is 176 Å². The molecule has 0 radical (unpaired) electrons. The Morgan fingerprint density at radius 3 is 1.28 bits per heavy atom. The monoisotopic (exact) mass is 595 g/mol. The maximum Gasteiger partial charge on any atom is 0.0788 e. The lowest BCUT2D eigenvalue weighted by atomic mass is 9.69. The maximum atomic E-state index is 5.61. The molecular formula is C46H29N.